The number of benzene rings is 1. The van der Waals surface area contributed by atoms with Crippen molar-refractivity contribution < 1.29 is 9.18 Å². The third kappa shape index (κ3) is 2.33. The maximum atomic E-state index is 13.4. The van der Waals surface area contributed by atoms with E-state index in [2.05, 4.69) is 15.1 Å². The molecule has 0 spiro atoms. The Hall–Kier alpha value is -2.70. The lowest BCUT2D eigenvalue weighted by Gasteiger charge is -2.32. The van der Waals surface area contributed by atoms with Crippen molar-refractivity contribution in [1.82, 2.24) is 24.6 Å². The van der Waals surface area contributed by atoms with E-state index in [0.29, 0.717) is 30.1 Å². The van der Waals surface area contributed by atoms with Crippen LogP contribution in [0, 0.1) is 5.82 Å². The molecule has 1 N–H and O–H groups in total. The van der Waals surface area contributed by atoms with Gasteiger partial charge in [0.05, 0.1) is 12.6 Å². The molecule has 7 heteroatoms. The monoisotopic (exact) mass is 339 g/mol. The van der Waals surface area contributed by atoms with Crippen LogP contribution >= 0.6 is 0 Å². The average Bonchev–Trinajstić information content (AvgIpc) is 3.21. The van der Waals surface area contributed by atoms with Gasteiger partial charge in [0.2, 0.25) is 0 Å². The van der Waals surface area contributed by atoms with E-state index >= 15 is 0 Å². The third-order valence-electron chi connectivity index (χ3n) is 5.13. The van der Waals surface area contributed by atoms with Gasteiger partial charge >= 0.3 is 0 Å². The van der Waals surface area contributed by atoms with Gasteiger partial charge in [-0.05, 0) is 44.0 Å². The number of hydrogen-bond acceptors (Lipinski definition) is 3. The first kappa shape index (κ1) is 14.6. The van der Waals surface area contributed by atoms with Gasteiger partial charge < -0.3 is 9.88 Å². The number of hydrogen-bond donors (Lipinski definition) is 1. The summed E-state index contributed by atoms with van der Waals surface area (Å²) >= 11 is 0. The van der Waals surface area contributed by atoms with E-state index in [1.807, 2.05) is 16.5 Å². The van der Waals surface area contributed by atoms with Crippen LogP contribution in [0.3, 0.4) is 0 Å². The first-order valence-corrected chi connectivity index (χ1v) is 8.64. The summed E-state index contributed by atoms with van der Waals surface area (Å²) in [4.78, 5) is 22.5. The highest BCUT2D eigenvalue weighted by atomic mass is 19.1. The number of aromatic amines is 1. The van der Waals surface area contributed by atoms with Gasteiger partial charge in [0.1, 0.15) is 17.3 Å². The van der Waals surface area contributed by atoms with E-state index in [1.165, 1.54) is 12.1 Å². The molecule has 1 aromatic carbocycles. The lowest BCUT2D eigenvalue weighted by atomic mass is 10.2. The lowest BCUT2D eigenvalue weighted by molar-refractivity contribution is 0.0625. The van der Waals surface area contributed by atoms with Crippen LogP contribution in [-0.2, 0) is 6.54 Å². The number of halogens is 1. The molecule has 25 heavy (non-hydrogen) atoms. The molecule has 128 valence electrons. The van der Waals surface area contributed by atoms with Crippen molar-refractivity contribution >= 4 is 16.8 Å². The Bertz CT molecular complexity index is 987. The number of aromatic nitrogens is 4. The predicted molar refractivity (Wildman–Crippen MR) is 89.7 cm³/mol. The molecule has 1 saturated carbocycles. The average molecular weight is 339 g/mol. The molecule has 0 radical (unpaired) electrons. The first-order chi connectivity index (χ1) is 12.1. The molecule has 0 unspecified atom stereocenters. The van der Waals surface area contributed by atoms with Crippen molar-refractivity contribution in [2.24, 2.45) is 0 Å². The van der Waals surface area contributed by atoms with Crippen molar-refractivity contribution in [3.05, 3.63) is 47.4 Å². The maximum Gasteiger partial charge on any atom is 0.270 e. The molecule has 5 rings (SSSR count). The fourth-order valence-corrected chi connectivity index (χ4v) is 3.55. The zero-order valence-corrected chi connectivity index (χ0v) is 13.9. The Morgan fingerprint density at radius 2 is 2.12 bits per heavy atom. The van der Waals surface area contributed by atoms with Crippen LogP contribution in [0.25, 0.3) is 10.9 Å². The van der Waals surface area contributed by atoms with Crippen LogP contribution in [0.5, 0.6) is 0 Å². The number of carbonyl (C=O) groups is 1. The van der Waals surface area contributed by atoms with Crippen molar-refractivity contribution in [2.45, 2.75) is 38.3 Å². The summed E-state index contributed by atoms with van der Waals surface area (Å²) in [5.41, 5.74) is 1.23. The molecular weight excluding hydrogens is 321 g/mol. The second-order valence-corrected chi connectivity index (χ2v) is 6.91. The molecule has 1 atom stereocenters. The second kappa shape index (κ2) is 5.15. The summed E-state index contributed by atoms with van der Waals surface area (Å²) in [5.74, 6) is 1.86. The summed E-state index contributed by atoms with van der Waals surface area (Å²) in [6.07, 6.45) is 2.32. The van der Waals surface area contributed by atoms with E-state index < -0.39 is 0 Å². The highest BCUT2D eigenvalue weighted by Gasteiger charge is 2.35. The summed E-state index contributed by atoms with van der Waals surface area (Å²) in [5, 5.41) is 5.29. The Balaban J connectivity index is 1.46. The van der Waals surface area contributed by atoms with Crippen LogP contribution in [0.15, 0.2) is 24.3 Å². The minimum atomic E-state index is -0.308. The van der Waals surface area contributed by atoms with E-state index in [-0.39, 0.29) is 17.8 Å². The van der Waals surface area contributed by atoms with Crippen molar-refractivity contribution in [1.29, 1.82) is 0 Å². The van der Waals surface area contributed by atoms with Crippen LogP contribution in [0.4, 0.5) is 4.39 Å². The number of carbonyl (C=O) groups excluding carboxylic acids is 1. The standard InChI is InChI=1S/C18H18FN5O/c1-10-17-21-16(11-2-3-11)22-24(17)7-6-23(10)18(25)15-9-12-8-13(19)4-5-14(12)20-15/h4-5,8-11,20H,2-3,6-7H2,1H3/t10-/m1/s1. The molecule has 1 aliphatic heterocycles. The van der Waals surface area contributed by atoms with Gasteiger partial charge in [-0.1, -0.05) is 0 Å². The molecule has 1 aliphatic carbocycles. The van der Waals surface area contributed by atoms with Crippen molar-refractivity contribution in [3.8, 4) is 0 Å². The zero-order valence-electron chi connectivity index (χ0n) is 13.9. The van der Waals surface area contributed by atoms with Crippen LogP contribution < -0.4 is 0 Å². The summed E-state index contributed by atoms with van der Waals surface area (Å²) in [7, 11) is 0. The second-order valence-electron chi connectivity index (χ2n) is 6.91. The molecule has 2 aliphatic rings. The highest BCUT2D eigenvalue weighted by molar-refractivity contribution is 5.98. The van der Waals surface area contributed by atoms with Crippen molar-refractivity contribution in [2.75, 3.05) is 6.54 Å². The predicted octanol–water partition coefficient (Wildman–Crippen LogP) is 2.99. The highest BCUT2D eigenvalue weighted by Crippen LogP contribution is 2.39. The number of amides is 1. The summed E-state index contributed by atoms with van der Waals surface area (Å²) < 4.78 is 15.3. The van der Waals surface area contributed by atoms with E-state index in [1.54, 1.807) is 12.1 Å². The minimum Gasteiger partial charge on any atom is -0.351 e. The molecule has 1 fully saturated rings. The van der Waals surface area contributed by atoms with Crippen molar-refractivity contribution in [3.63, 3.8) is 0 Å². The quantitative estimate of drug-likeness (QED) is 0.780. The van der Waals surface area contributed by atoms with Gasteiger partial charge in [-0.15, -0.1) is 0 Å². The van der Waals surface area contributed by atoms with Gasteiger partial charge in [0, 0.05) is 23.4 Å². The molecule has 0 saturated heterocycles. The smallest absolute Gasteiger partial charge is 0.270 e. The molecular formula is C18H18FN5O. The SMILES string of the molecule is C[C@@H]1c2nc(C3CC3)nn2CCN1C(=O)c1cc2cc(F)ccc2[nH]1. The topological polar surface area (TPSA) is 66.8 Å². The van der Waals surface area contributed by atoms with Gasteiger partial charge in [-0.2, -0.15) is 5.10 Å². The summed E-state index contributed by atoms with van der Waals surface area (Å²) in [6.45, 7) is 3.22. The molecule has 2 aromatic heterocycles. The first-order valence-electron chi connectivity index (χ1n) is 8.64. The van der Waals surface area contributed by atoms with E-state index in [4.69, 9.17) is 0 Å². The molecule has 1 amide bonds. The van der Waals surface area contributed by atoms with Crippen LogP contribution in [0.2, 0.25) is 0 Å². The number of H-pyrrole nitrogens is 1. The third-order valence-corrected chi connectivity index (χ3v) is 5.13. The van der Waals surface area contributed by atoms with E-state index in [9.17, 15) is 9.18 Å². The number of nitrogens with one attached hydrogen (secondary N) is 1. The zero-order chi connectivity index (χ0) is 17.1. The Labute approximate surface area is 143 Å². The van der Waals surface area contributed by atoms with Gasteiger partial charge in [0.25, 0.3) is 5.91 Å². The summed E-state index contributed by atoms with van der Waals surface area (Å²) in [6, 6.07) is 6.05. The minimum absolute atomic E-state index is 0.0914. The molecule has 6 nitrogen and oxygen atoms in total. The molecule has 3 aromatic rings. The molecule has 3 heterocycles. The Morgan fingerprint density at radius 1 is 1.28 bits per heavy atom. The Kier molecular flexibility index (Phi) is 3.01. The van der Waals surface area contributed by atoms with Gasteiger partial charge in [-0.3, -0.25) is 4.79 Å². The normalized spacial score (nSPS) is 20.1. The Morgan fingerprint density at radius 3 is 2.92 bits per heavy atom. The number of nitrogens with zero attached hydrogens (tertiary/aromatic N) is 4. The maximum absolute atomic E-state index is 13.4. The van der Waals surface area contributed by atoms with Gasteiger partial charge in [0.15, 0.2) is 5.82 Å². The fourth-order valence-electron chi connectivity index (χ4n) is 3.55. The van der Waals surface area contributed by atoms with Gasteiger partial charge in [-0.25, -0.2) is 14.1 Å². The van der Waals surface area contributed by atoms with E-state index in [0.717, 1.165) is 30.0 Å². The van der Waals surface area contributed by atoms with Crippen LogP contribution in [-0.4, -0.2) is 37.1 Å². The molecule has 0 bridgehead atoms. The largest absolute Gasteiger partial charge is 0.351 e. The van der Waals surface area contributed by atoms with Crippen LogP contribution in [0.1, 0.15) is 53.9 Å². The number of rotatable bonds is 2. The fraction of sp³-hybridized carbons (Fsp3) is 0.389. The number of fused-ring (bicyclic) bond motifs is 2. The lowest BCUT2D eigenvalue weighted by Crippen LogP contribution is -2.41.